The number of azide groups is 1. The summed E-state index contributed by atoms with van der Waals surface area (Å²) in [7, 11) is 0. The quantitative estimate of drug-likeness (QED) is 0.299. The molecule has 3 aliphatic rings. The molecule has 0 N–H and O–H groups in total. The molecule has 3 rings (SSSR count). The van der Waals surface area contributed by atoms with E-state index in [9.17, 15) is 0 Å². The lowest BCUT2D eigenvalue weighted by atomic mass is 9.95. The summed E-state index contributed by atoms with van der Waals surface area (Å²) in [6, 6.07) is 8.48. The normalized spacial score (nSPS) is 14.8. The van der Waals surface area contributed by atoms with E-state index in [0.717, 1.165) is 12.8 Å². The molecule has 0 spiro atoms. The largest absolute Gasteiger partial charge is 0.430 e. The molecule has 0 unspecified atom stereocenters. The van der Waals surface area contributed by atoms with E-state index in [-0.39, 0.29) is 6.10 Å². The second kappa shape index (κ2) is 3.37. The SMILES string of the molecule is [N-]=[N+]=NOC1CC1.c1cc2ccc1-2. The minimum atomic E-state index is 0.232. The van der Waals surface area contributed by atoms with Crippen molar-refractivity contribution >= 4 is 0 Å². The van der Waals surface area contributed by atoms with Gasteiger partial charge in [-0.3, -0.25) is 0 Å². The van der Waals surface area contributed by atoms with Crippen LogP contribution >= 0.6 is 0 Å². The number of nitrogens with zero attached hydrogens (tertiary/aromatic N) is 3. The van der Waals surface area contributed by atoms with Gasteiger partial charge in [0.15, 0.2) is 0 Å². The van der Waals surface area contributed by atoms with Gasteiger partial charge in [0, 0.05) is 4.91 Å². The highest BCUT2D eigenvalue weighted by Crippen LogP contribution is 2.29. The van der Waals surface area contributed by atoms with Crippen molar-refractivity contribution < 1.29 is 4.84 Å². The van der Waals surface area contributed by atoms with Crippen LogP contribution in [0.4, 0.5) is 0 Å². The molecule has 0 aromatic heterocycles. The van der Waals surface area contributed by atoms with Crippen molar-refractivity contribution in [3.8, 4) is 11.1 Å². The van der Waals surface area contributed by atoms with Crippen LogP contribution < -0.4 is 0 Å². The third-order valence-corrected chi connectivity index (χ3v) is 1.98. The Morgan fingerprint density at radius 1 is 1.23 bits per heavy atom. The van der Waals surface area contributed by atoms with E-state index in [2.05, 4.69) is 39.3 Å². The topological polar surface area (TPSA) is 58.0 Å². The summed E-state index contributed by atoms with van der Waals surface area (Å²) >= 11 is 0. The molecule has 1 saturated carbocycles. The van der Waals surface area contributed by atoms with Gasteiger partial charge < -0.3 is 4.84 Å². The third kappa shape index (κ3) is 1.92. The highest BCUT2D eigenvalue weighted by atomic mass is 16.7. The van der Waals surface area contributed by atoms with Crippen LogP contribution in [-0.2, 0) is 4.84 Å². The van der Waals surface area contributed by atoms with Crippen molar-refractivity contribution in [3.63, 3.8) is 0 Å². The molecule has 0 bridgehead atoms. The molecule has 0 amide bonds. The van der Waals surface area contributed by atoms with Gasteiger partial charge in [0.25, 0.3) is 0 Å². The van der Waals surface area contributed by atoms with Crippen LogP contribution in [0, 0.1) is 0 Å². The summed E-state index contributed by atoms with van der Waals surface area (Å²) in [4.78, 5) is 6.93. The van der Waals surface area contributed by atoms with Crippen LogP contribution in [0.25, 0.3) is 21.6 Å². The average Bonchev–Trinajstić information content (AvgIpc) is 2.92. The first-order valence-corrected chi connectivity index (χ1v) is 4.21. The minimum Gasteiger partial charge on any atom is -0.430 e. The van der Waals surface area contributed by atoms with E-state index in [1.54, 1.807) is 0 Å². The number of rotatable bonds is 2. The van der Waals surface area contributed by atoms with Crippen molar-refractivity contribution in [2.24, 2.45) is 5.28 Å². The van der Waals surface area contributed by atoms with Crippen molar-refractivity contribution in [2.45, 2.75) is 18.9 Å². The minimum absolute atomic E-state index is 0.232. The highest BCUT2D eigenvalue weighted by Gasteiger charge is 2.22. The van der Waals surface area contributed by atoms with Crippen molar-refractivity contribution in [2.75, 3.05) is 0 Å². The zero-order chi connectivity index (χ0) is 9.10. The summed E-state index contributed by atoms with van der Waals surface area (Å²) in [5, 5.41) is 2.91. The molecule has 0 atom stereocenters. The molecular formula is C9H9N3O. The lowest BCUT2D eigenvalue weighted by Gasteiger charge is -2.10. The summed E-state index contributed by atoms with van der Waals surface area (Å²) in [6.45, 7) is 0. The molecule has 4 nitrogen and oxygen atoms in total. The van der Waals surface area contributed by atoms with Gasteiger partial charge in [-0.1, -0.05) is 24.3 Å². The zero-order valence-corrected chi connectivity index (χ0v) is 7.05. The first-order chi connectivity index (χ1) is 6.40. The van der Waals surface area contributed by atoms with E-state index in [4.69, 9.17) is 5.53 Å². The number of hydrogen-bond donors (Lipinski definition) is 0. The summed E-state index contributed by atoms with van der Waals surface area (Å²) in [5.41, 5.74) is 10.5. The average molecular weight is 175 g/mol. The van der Waals surface area contributed by atoms with Gasteiger partial charge in [0.05, 0.1) is 0 Å². The fourth-order valence-electron chi connectivity index (χ4n) is 0.924. The van der Waals surface area contributed by atoms with Gasteiger partial charge in [-0.2, -0.15) is 0 Å². The van der Waals surface area contributed by atoms with Crippen molar-refractivity contribution in [1.82, 2.24) is 0 Å². The predicted octanol–water partition coefficient (Wildman–Crippen LogP) is 3.06. The Balaban J connectivity index is 0.000000101. The van der Waals surface area contributed by atoms with Crippen LogP contribution in [0.2, 0.25) is 0 Å². The Bertz CT molecular complexity index is 315. The maximum absolute atomic E-state index is 7.68. The zero-order valence-electron chi connectivity index (χ0n) is 7.05. The van der Waals surface area contributed by atoms with Gasteiger partial charge in [-0.25, -0.2) is 0 Å². The Labute approximate surface area is 75.7 Å². The molecule has 0 aliphatic heterocycles. The number of fused-ring (bicyclic) bond motifs is 1. The monoisotopic (exact) mass is 175 g/mol. The first kappa shape index (κ1) is 7.95. The Hall–Kier alpha value is -1.67. The second-order valence-electron chi connectivity index (χ2n) is 3.05. The Morgan fingerprint density at radius 3 is 2.00 bits per heavy atom. The van der Waals surface area contributed by atoms with Gasteiger partial charge in [0.2, 0.25) is 0 Å². The molecule has 1 fully saturated rings. The summed E-state index contributed by atoms with van der Waals surface area (Å²) in [5.74, 6) is 0. The fraction of sp³-hybridized carbons (Fsp3) is 0.333. The maximum Gasteiger partial charge on any atom is 0.111 e. The van der Waals surface area contributed by atoms with Crippen LogP contribution in [0.1, 0.15) is 12.8 Å². The predicted molar refractivity (Wildman–Crippen MR) is 48.7 cm³/mol. The molecule has 0 aromatic carbocycles. The van der Waals surface area contributed by atoms with Gasteiger partial charge >= 0.3 is 0 Å². The molecule has 0 saturated heterocycles. The van der Waals surface area contributed by atoms with Gasteiger partial charge in [-0.15, -0.1) is 0 Å². The molecule has 0 radical (unpaired) electrons. The first-order valence-electron chi connectivity index (χ1n) is 4.21. The van der Waals surface area contributed by atoms with Crippen molar-refractivity contribution in [1.29, 1.82) is 0 Å². The molecule has 0 aromatic rings. The van der Waals surface area contributed by atoms with Crippen LogP contribution in [0.15, 0.2) is 29.5 Å². The molecule has 3 aliphatic carbocycles. The van der Waals surface area contributed by atoms with E-state index >= 15 is 0 Å². The van der Waals surface area contributed by atoms with E-state index in [1.807, 2.05) is 0 Å². The van der Waals surface area contributed by atoms with Crippen LogP contribution in [0.3, 0.4) is 0 Å². The Kier molecular flexibility index (Phi) is 2.06. The number of benzene rings is 1. The third-order valence-electron chi connectivity index (χ3n) is 1.98. The fourth-order valence-corrected chi connectivity index (χ4v) is 0.924. The molecular weight excluding hydrogens is 166 g/mol. The molecule has 4 heteroatoms. The van der Waals surface area contributed by atoms with E-state index < -0.39 is 0 Å². The Morgan fingerprint density at radius 2 is 1.77 bits per heavy atom. The van der Waals surface area contributed by atoms with Gasteiger partial charge in [-0.05, 0) is 29.5 Å². The summed E-state index contributed by atoms with van der Waals surface area (Å²) < 4.78 is 0. The van der Waals surface area contributed by atoms with E-state index in [1.165, 1.54) is 11.1 Å². The van der Waals surface area contributed by atoms with E-state index in [0.29, 0.717) is 0 Å². The molecule has 13 heavy (non-hydrogen) atoms. The summed E-state index contributed by atoms with van der Waals surface area (Å²) in [6.07, 6.45) is 2.31. The highest BCUT2D eigenvalue weighted by molar-refractivity contribution is 5.75. The van der Waals surface area contributed by atoms with Gasteiger partial charge in [0.1, 0.15) is 11.4 Å². The van der Waals surface area contributed by atoms with Crippen molar-refractivity contribution in [3.05, 3.63) is 34.7 Å². The molecule has 66 valence electrons. The maximum atomic E-state index is 7.68. The van der Waals surface area contributed by atoms with Crippen LogP contribution in [0.5, 0.6) is 0 Å². The second-order valence-corrected chi connectivity index (χ2v) is 3.05. The standard InChI is InChI=1S/C6H4.C3H5N3O/c1-2-6-4-3-5(1)6;4-5-6-7-3-1-2-3/h1-4H;3H,1-2H2. The lowest BCUT2D eigenvalue weighted by Crippen LogP contribution is -1.85. The smallest absolute Gasteiger partial charge is 0.111 e. The van der Waals surface area contributed by atoms with Crippen LogP contribution in [-0.4, -0.2) is 6.10 Å². The number of hydrogen-bond acceptors (Lipinski definition) is 2. The molecule has 0 heterocycles. The lowest BCUT2D eigenvalue weighted by molar-refractivity contribution is 0.123.